The van der Waals surface area contributed by atoms with Crippen LogP contribution in [0.4, 0.5) is 0 Å². The molecular weight excluding hydrogens is 908 g/mol. The number of phenols is 3. The predicted octanol–water partition coefficient (Wildman–Crippen LogP) is 0.564. The van der Waals surface area contributed by atoms with Crippen molar-refractivity contribution in [2.45, 2.75) is 61.4 Å². The smallest absolute Gasteiger partial charge is 0.333 e. The first-order chi connectivity index (χ1) is 32.5. The third-order valence-electron chi connectivity index (χ3n) is 10.4. The molecule has 0 bridgehead atoms. The Labute approximate surface area is 388 Å². The van der Waals surface area contributed by atoms with Gasteiger partial charge in [0, 0.05) is 18.2 Å². The zero-order valence-corrected chi connectivity index (χ0v) is 37.3. The lowest BCUT2D eigenvalue weighted by molar-refractivity contribution is -0.328. The maximum atomic E-state index is 13.3. The minimum Gasteiger partial charge on any atom is -0.502 e. The first kappa shape index (κ1) is 52.1. The van der Waals surface area contributed by atoms with Crippen molar-refractivity contribution in [1.82, 2.24) is 0 Å². The van der Waals surface area contributed by atoms with Crippen LogP contribution in [0.15, 0.2) is 54.6 Å². The topological polar surface area (TPSA) is 324 Å². The summed E-state index contributed by atoms with van der Waals surface area (Å²) >= 11 is 0. The van der Waals surface area contributed by atoms with E-state index in [0.717, 1.165) is 18.2 Å². The van der Waals surface area contributed by atoms with Crippen LogP contribution in [0.2, 0.25) is 0 Å². The molecule has 0 spiro atoms. The maximum Gasteiger partial charge on any atom is 0.333 e. The Kier molecular flexibility index (Phi) is 18.2. The molecule has 3 aromatic carbocycles. The van der Waals surface area contributed by atoms with Crippen LogP contribution in [-0.4, -0.2) is 176 Å². The first-order valence-corrected chi connectivity index (χ1v) is 20.3. The Morgan fingerprint density at radius 2 is 0.794 bits per heavy atom. The minimum atomic E-state index is -2.06. The van der Waals surface area contributed by atoms with Gasteiger partial charge in [0.2, 0.25) is 23.5 Å². The number of carbonyl (C=O) groups excluding carboxylic acids is 3. The number of hydrogen-bond acceptors (Lipinski definition) is 23. The highest BCUT2D eigenvalue weighted by molar-refractivity contribution is 5.89. The van der Waals surface area contributed by atoms with E-state index in [0.29, 0.717) is 16.7 Å². The second-order valence-electron chi connectivity index (χ2n) is 14.6. The summed E-state index contributed by atoms with van der Waals surface area (Å²) in [5, 5.41) is 85.0. The fourth-order valence-corrected chi connectivity index (χ4v) is 6.79. The van der Waals surface area contributed by atoms with E-state index in [-0.39, 0.29) is 51.7 Å². The molecule has 5 rings (SSSR count). The summed E-state index contributed by atoms with van der Waals surface area (Å²) in [7, 11) is 7.79. The number of phenolic OH excluding ortho intramolecular Hbond substituents is 3. The van der Waals surface area contributed by atoms with Crippen LogP contribution < -0.4 is 28.4 Å². The van der Waals surface area contributed by atoms with Gasteiger partial charge in [0.1, 0.15) is 36.6 Å². The quantitative estimate of drug-likeness (QED) is 0.0462. The Hall–Kier alpha value is -6.83. The molecule has 2 aliphatic rings. The van der Waals surface area contributed by atoms with E-state index in [2.05, 4.69) is 0 Å². The lowest BCUT2D eigenvalue weighted by Gasteiger charge is -2.43. The summed E-state index contributed by atoms with van der Waals surface area (Å²) in [4.78, 5) is 39.6. The average molecular weight is 961 g/mol. The number of esters is 3. The average Bonchev–Trinajstić information content (AvgIpc) is 3.33. The predicted molar refractivity (Wildman–Crippen MR) is 231 cm³/mol. The van der Waals surface area contributed by atoms with Crippen LogP contribution in [0.5, 0.6) is 51.7 Å². The van der Waals surface area contributed by atoms with Crippen molar-refractivity contribution < 1.29 is 112 Å². The zero-order valence-electron chi connectivity index (χ0n) is 37.3. The number of carbonyl (C=O) groups is 3. The summed E-state index contributed by atoms with van der Waals surface area (Å²) in [6.45, 7) is -1.63. The molecule has 2 fully saturated rings. The zero-order chi connectivity index (χ0) is 49.8. The Bertz CT molecular complexity index is 2250. The molecule has 370 valence electrons. The molecule has 0 saturated carbocycles. The van der Waals surface area contributed by atoms with E-state index in [1.165, 1.54) is 97.3 Å². The fraction of sp³-hybridized carbons (Fsp3) is 0.400. The number of rotatable bonds is 19. The number of aliphatic hydroxyl groups is 5. The van der Waals surface area contributed by atoms with Crippen molar-refractivity contribution in [2.75, 3.05) is 55.9 Å². The molecule has 0 amide bonds. The monoisotopic (exact) mass is 960 g/mol. The SMILES string of the molecule is COc1cc(/C=C/C(=O)OC2OC(COC3OC(CO)C(O)C(O)C3OC(=O)/C=C/c3cc(OC)c(O)c(OC)c3)C(O)C(O)C2OC(=O)/C=C/c2cc(OC)c(O)c(OC)c2)cc(OC)c1O. The molecule has 68 heavy (non-hydrogen) atoms. The molecule has 8 N–H and O–H groups in total. The summed E-state index contributed by atoms with van der Waals surface area (Å²) in [5.41, 5.74) is 0.906. The van der Waals surface area contributed by atoms with Crippen LogP contribution >= 0.6 is 0 Å². The van der Waals surface area contributed by atoms with Gasteiger partial charge in [-0.25, -0.2) is 14.4 Å². The number of aliphatic hydroxyl groups excluding tert-OH is 5. The molecule has 23 nitrogen and oxygen atoms in total. The van der Waals surface area contributed by atoms with Gasteiger partial charge in [0.05, 0.1) is 55.9 Å². The second-order valence-corrected chi connectivity index (χ2v) is 14.6. The standard InChI is InChI=1S/C45H52O23/c1-57-24-13-21(14-25(58-2)35(24)50)7-10-32(47)66-42-40(55)38(53)30(19-46)64-44(42)63-20-31-39(54)41(56)43(67-33(48)11-8-22-15-26(59-3)36(51)27(16-22)60-4)45(65-31)68-34(49)12-9-23-17-28(61-5)37(52)29(18-23)62-6/h7-18,30-31,38-46,50-56H,19-20H2,1-6H3/b10-7+,11-8+,12-9+. The minimum absolute atomic E-state index is 0.0103. The lowest BCUT2D eigenvalue weighted by atomic mass is 9.98. The molecule has 23 heteroatoms. The van der Waals surface area contributed by atoms with E-state index < -0.39 is 92.5 Å². The lowest BCUT2D eigenvalue weighted by Crippen LogP contribution is -2.63. The highest BCUT2D eigenvalue weighted by atomic mass is 16.8. The van der Waals surface area contributed by atoms with Crippen molar-refractivity contribution in [3.63, 3.8) is 0 Å². The van der Waals surface area contributed by atoms with E-state index in [9.17, 15) is 55.2 Å². The third kappa shape index (κ3) is 12.4. The van der Waals surface area contributed by atoms with Crippen molar-refractivity contribution in [3.05, 3.63) is 71.3 Å². The first-order valence-electron chi connectivity index (χ1n) is 20.3. The molecule has 2 heterocycles. The van der Waals surface area contributed by atoms with Gasteiger partial charge in [-0.1, -0.05) is 0 Å². The van der Waals surface area contributed by atoms with E-state index >= 15 is 0 Å². The highest BCUT2D eigenvalue weighted by Crippen LogP contribution is 2.40. The molecule has 3 aromatic rings. The summed E-state index contributed by atoms with van der Waals surface area (Å²) in [6, 6.07) is 8.26. The van der Waals surface area contributed by atoms with E-state index in [1.54, 1.807) is 0 Å². The normalized spacial score (nSPS) is 24.9. The number of hydrogen-bond donors (Lipinski definition) is 8. The summed E-state index contributed by atoms with van der Waals surface area (Å²) < 4.78 is 64.4. The van der Waals surface area contributed by atoms with Gasteiger partial charge in [-0.05, 0) is 71.3 Å². The summed E-state index contributed by atoms with van der Waals surface area (Å²) in [6.07, 6.45) is -11.8. The Morgan fingerprint density at radius 3 is 1.13 bits per heavy atom. The van der Waals surface area contributed by atoms with E-state index in [4.69, 9.17) is 56.8 Å². The van der Waals surface area contributed by atoms with Gasteiger partial charge in [-0.15, -0.1) is 0 Å². The fourth-order valence-electron chi connectivity index (χ4n) is 6.79. The van der Waals surface area contributed by atoms with Crippen LogP contribution in [-0.2, 0) is 42.8 Å². The van der Waals surface area contributed by atoms with Crippen LogP contribution in [0.25, 0.3) is 18.2 Å². The maximum absolute atomic E-state index is 13.3. The number of benzene rings is 3. The third-order valence-corrected chi connectivity index (χ3v) is 10.4. The van der Waals surface area contributed by atoms with Crippen LogP contribution in [0, 0.1) is 0 Å². The van der Waals surface area contributed by atoms with Crippen LogP contribution in [0.3, 0.4) is 0 Å². The number of methoxy groups -OCH3 is 6. The highest BCUT2D eigenvalue weighted by Gasteiger charge is 2.51. The van der Waals surface area contributed by atoms with Gasteiger partial charge in [0.25, 0.3) is 0 Å². The molecule has 2 aliphatic heterocycles. The van der Waals surface area contributed by atoms with Crippen molar-refractivity contribution in [2.24, 2.45) is 0 Å². The van der Waals surface area contributed by atoms with Gasteiger partial charge < -0.3 is 97.7 Å². The number of ether oxygens (including phenoxy) is 12. The van der Waals surface area contributed by atoms with Crippen molar-refractivity contribution >= 4 is 36.1 Å². The van der Waals surface area contributed by atoms with Crippen LogP contribution in [0.1, 0.15) is 16.7 Å². The molecule has 10 unspecified atom stereocenters. The Morgan fingerprint density at radius 1 is 0.485 bits per heavy atom. The molecule has 0 radical (unpaired) electrons. The van der Waals surface area contributed by atoms with Gasteiger partial charge in [0.15, 0.2) is 53.0 Å². The molecule has 2 saturated heterocycles. The molecule has 10 atom stereocenters. The van der Waals surface area contributed by atoms with Crippen molar-refractivity contribution in [1.29, 1.82) is 0 Å². The summed E-state index contributed by atoms with van der Waals surface area (Å²) in [5.74, 6) is -4.17. The van der Waals surface area contributed by atoms with Crippen molar-refractivity contribution in [3.8, 4) is 51.7 Å². The molecular formula is C45H52O23. The van der Waals surface area contributed by atoms with Gasteiger partial charge >= 0.3 is 17.9 Å². The Balaban J connectivity index is 1.38. The largest absolute Gasteiger partial charge is 0.502 e. The molecule has 0 aliphatic carbocycles. The number of aromatic hydroxyl groups is 3. The molecule has 0 aromatic heterocycles. The van der Waals surface area contributed by atoms with Gasteiger partial charge in [-0.3, -0.25) is 0 Å². The van der Waals surface area contributed by atoms with Gasteiger partial charge in [-0.2, -0.15) is 0 Å². The second kappa shape index (κ2) is 23.8. The van der Waals surface area contributed by atoms with E-state index in [1.807, 2.05) is 0 Å².